The number of thiophene rings is 1. The predicted molar refractivity (Wildman–Crippen MR) is 152 cm³/mol. The molecule has 0 saturated heterocycles. The van der Waals surface area contributed by atoms with Crippen LogP contribution in [0.15, 0.2) is 65.4 Å². The van der Waals surface area contributed by atoms with Crippen molar-refractivity contribution >= 4 is 34.1 Å². The van der Waals surface area contributed by atoms with E-state index in [2.05, 4.69) is 31.8 Å². The number of aromatic amines is 1. The van der Waals surface area contributed by atoms with Crippen LogP contribution in [-0.2, 0) is 5.41 Å². The van der Waals surface area contributed by atoms with Crippen molar-refractivity contribution in [3.8, 4) is 17.6 Å². The zero-order valence-electron chi connectivity index (χ0n) is 22.0. The molecule has 192 valence electrons. The number of nitrogens with zero attached hydrogens (tertiary/aromatic N) is 1. The van der Waals surface area contributed by atoms with Gasteiger partial charge in [-0.25, -0.2) is 0 Å². The molecule has 0 bridgehead atoms. The van der Waals surface area contributed by atoms with Gasteiger partial charge in [-0.2, -0.15) is 5.26 Å². The van der Waals surface area contributed by atoms with E-state index in [1.807, 2.05) is 60.8 Å². The van der Waals surface area contributed by atoms with Gasteiger partial charge in [0, 0.05) is 27.7 Å². The molecule has 1 atom stereocenters. The van der Waals surface area contributed by atoms with Crippen molar-refractivity contribution in [3.63, 3.8) is 0 Å². The Kier molecular flexibility index (Phi) is 6.38. The van der Waals surface area contributed by atoms with E-state index in [0.717, 1.165) is 44.6 Å². The Hall–Kier alpha value is -4.28. The van der Waals surface area contributed by atoms with Crippen molar-refractivity contribution in [2.45, 2.75) is 39.0 Å². The van der Waals surface area contributed by atoms with Gasteiger partial charge < -0.3 is 20.2 Å². The summed E-state index contributed by atoms with van der Waals surface area (Å²) >= 11 is 1.41. The predicted octanol–water partition coefficient (Wildman–Crippen LogP) is 6.96. The van der Waals surface area contributed by atoms with Crippen LogP contribution in [0.2, 0.25) is 0 Å². The highest BCUT2D eigenvalue weighted by molar-refractivity contribution is 7.12. The number of aromatic nitrogens is 1. The van der Waals surface area contributed by atoms with E-state index >= 15 is 0 Å². The molecule has 2 aromatic heterocycles. The van der Waals surface area contributed by atoms with Gasteiger partial charge in [0.25, 0.3) is 0 Å². The number of nitrogens with two attached hydrogens (primary N) is 1. The lowest BCUT2D eigenvalue weighted by Crippen LogP contribution is -2.25. The molecular weight excluding hydrogens is 494 g/mol. The molecule has 0 aliphatic carbocycles. The maximum Gasteiger partial charge on any atom is 0.205 e. The van der Waals surface area contributed by atoms with Crippen molar-refractivity contribution in [1.82, 2.24) is 4.98 Å². The van der Waals surface area contributed by atoms with Crippen molar-refractivity contribution in [2.75, 3.05) is 7.11 Å². The normalized spacial score (nSPS) is 15.4. The summed E-state index contributed by atoms with van der Waals surface area (Å²) < 4.78 is 11.7. The first-order chi connectivity index (χ1) is 18.1. The van der Waals surface area contributed by atoms with E-state index in [-0.39, 0.29) is 17.1 Å². The van der Waals surface area contributed by atoms with Gasteiger partial charge in [-0.15, -0.1) is 11.3 Å². The summed E-state index contributed by atoms with van der Waals surface area (Å²) in [4.78, 5) is 16.8. The lowest BCUT2D eigenvalue weighted by molar-refractivity contribution is 0.105. The number of carbonyl (C=O) groups is 1. The van der Waals surface area contributed by atoms with Crippen molar-refractivity contribution in [1.29, 1.82) is 5.26 Å². The summed E-state index contributed by atoms with van der Waals surface area (Å²) in [6.07, 6.45) is 3.42. The number of nitrogens with one attached hydrogen (secondary N) is 1. The van der Waals surface area contributed by atoms with E-state index in [0.29, 0.717) is 16.2 Å². The topological polar surface area (TPSA) is 101 Å². The molecule has 7 heteroatoms. The number of rotatable bonds is 5. The van der Waals surface area contributed by atoms with E-state index in [4.69, 9.17) is 15.2 Å². The number of hydrogen-bond acceptors (Lipinski definition) is 6. The van der Waals surface area contributed by atoms with Crippen LogP contribution in [0.25, 0.3) is 17.0 Å². The third-order valence-electron chi connectivity index (χ3n) is 6.87. The lowest BCUT2D eigenvalue weighted by Gasteiger charge is -2.32. The Morgan fingerprint density at radius 1 is 1.24 bits per heavy atom. The minimum atomic E-state index is -0.466. The molecule has 2 aromatic carbocycles. The number of ether oxygens (including phenoxy) is 2. The molecule has 4 aromatic rings. The van der Waals surface area contributed by atoms with Crippen LogP contribution in [0.4, 0.5) is 0 Å². The maximum absolute atomic E-state index is 12.7. The van der Waals surface area contributed by atoms with Crippen LogP contribution in [-0.4, -0.2) is 17.9 Å². The van der Waals surface area contributed by atoms with Gasteiger partial charge in [-0.1, -0.05) is 32.9 Å². The smallest absolute Gasteiger partial charge is 0.205 e. The van der Waals surface area contributed by atoms with Gasteiger partial charge in [0.2, 0.25) is 5.88 Å². The first kappa shape index (κ1) is 25.4. The third-order valence-corrected chi connectivity index (χ3v) is 7.75. The third kappa shape index (κ3) is 4.37. The Labute approximate surface area is 226 Å². The van der Waals surface area contributed by atoms with E-state index in [1.54, 1.807) is 13.2 Å². The quantitative estimate of drug-likeness (QED) is 0.218. The van der Waals surface area contributed by atoms with Crippen molar-refractivity contribution in [3.05, 3.63) is 98.2 Å². The standard InChI is InChI=1S/C31H29N3O3S/c1-17-27(20-15-19(36-5)9-10-24(20)34-17)28-21-13-18(8-11-25(35)26-7-6-12-38-26)14-23(31(2,3)4)29(21)37-30(33)22(28)16-32/h6-15,28,34H,33H2,1-5H3/b11-8+. The number of H-pyrrole nitrogens is 1. The van der Waals surface area contributed by atoms with Crippen LogP contribution >= 0.6 is 11.3 Å². The average Bonchev–Trinajstić information content (AvgIpc) is 3.53. The molecule has 38 heavy (non-hydrogen) atoms. The Bertz CT molecular complexity index is 1660. The molecule has 0 fully saturated rings. The van der Waals surface area contributed by atoms with E-state index in [9.17, 15) is 10.1 Å². The van der Waals surface area contributed by atoms with E-state index in [1.165, 1.54) is 11.3 Å². The highest BCUT2D eigenvalue weighted by Gasteiger charge is 2.37. The van der Waals surface area contributed by atoms with Gasteiger partial charge in [0.15, 0.2) is 5.78 Å². The van der Waals surface area contributed by atoms with Crippen LogP contribution in [0.3, 0.4) is 0 Å². The first-order valence-corrected chi connectivity index (χ1v) is 13.2. The fraction of sp³-hybridized carbons (Fsp3) is 0.226. The minimum Gasteiger partial charge on any atom is -0.497 e. The second kappa shape index (κ2) is 9.55. The van der Waals surface area contributed by atoms with Crippen LogP contribution in [0, 0.1) is 18.3 Å². The number of fused-ring (bicyclic) bond motifs is 2. The summed E-state index contributed by atoms with van der Waals surface area (Å²) in [6, 6.07) is 15.9. The number of nitriles is 1. The largest absolute Gasteiger partial charge is 0.497 e. The molecule has 3 N–H and O–H groups in total. The van der Waals surface area contributed by atoms with Gasteiger partial charge in [0.1, 0.15) is 23.1 Å². The summed E-state index contributed by atoms with van der Waals surface area (Å²) in [7, 11) is 1.63. The molecule has 1 unspecified atom stereocenters. The van der Waals surface area contributed by atoms with Gasteiger partial charge >= 0.3 is 0 Å². The zero-order valence-corrected chi connectivity index (χ0v) is 22.8. The van der Waals surface area contributed by atoms with Crippen LogP contribution in [0.1, 0.15) is 64.3 Å². The van der Waals surface area contributed by atoms with Crippen LogP contribution < -0.4 is 15.2 Å². The number of benzene rings is 2. The Morgan fingerprint density at radius 3 is 2.68 bits per heavy atom. The minimum absolute atomic E-state index is 0.0516. The molecule has 6 nitrogen and oxygen atoms in total. The average molecular weight is 524 g/mol. The second-order valence-corrected chi connectivity index (χ2v) is 11.4. The monoisotopic (exact) mass is 523 g/mol. The highest BCUT2D eigenvalue weighted by atomic mass is 32.1. The Morgan fingerprint density at radius 2 is 2.03 bits per heavy atom. The maximum atomic E-state index is 12.7. The fourth-order valence-electron chi connectivity index (χ4n) is 5.04. The summed E-state index contributed by atoms with van der Waals surface area (Å²) in [6.45, 7) is 8.31. The number of carbonyl (C=O) groups excluding carboxylic acids is 1. The SMILES string of the molecule is COc1ccc2[nH]c(C)c(C3C(C#N)=C(N)Oc4c3cc(/C=C/C(=O)c3cccs3)cc4C(C)(C)C)c2c1. The van der Waals surface area contributed by atoms with Crippen LogP contribution in [0.5, 0.6) is 11.5 Å². The number of hydrogen-bond donors (Lipinski definition) is 2. The van der Waals surface area contributed by atoms with Gasteiger partial charge in [0.05, 0.1) is 17.9 Å². The molecule has 0 radical (unpaired) electrons. The van der Waals surface area contributed by atoms with Crippen molar-refractivity contribution in [2.24, 2.45) is 5.73 Å². The number of ketones is 1. The molecule has 5 rings (SSSR count). The summed E-state index contributed by atoms with van der Waals surface area (Å²) in [5.41, 5.74) is 11.9. The molecule has 1 aliphatic heterocycles. The number of aryl methyl sites for hydroxylation is 1. The van der Waals surface area contributed by atoms with Gasteiger partial charge in [-0.3, -0.25) is 4.79 Å². The molecule has 1 aliphatic rings. The highest BCUT2D eigenvalue weighted by Crippen LogP contribution is 2.49. The molecule has 0 saturated carbocycles. The van der Waals surface area contributed by atoms with E-state index < -0.39 is 5.92 Å². The van der Waals surface area contributed by atoms with Gasteiger partial charge in [-0.05, 0) is 71.3 Å². The number of methoxy groups -OCH3 is 1. The Balaban J connectivity index is 1.76. The molecule has 3 heterocycles. The molecule has 0 amide bonds. The van der Waals surface area contributed by atoms with Crippen molar-refractivity contribution < 1.29 is 14.3 Å². The first-order valence-electron chi connectivity index (χ1n) is 12.3. The zero-order chi connectivity index (χ0) is 27.2. The summed E-state index contributed by atoms with van der Waals surface area (Å²) in [5.74, 6) is 0.955. The lowest BCUT2D eigenvalue weighted by atomic mass is 9.77. The molecule has 0 spiro atoms. The fourth-order valence-corrected chi connectivity index (χ4v) is 5.68. The molecular formula is C31H29N3O3S. The second-order valence-electron chi connectivity index (χ2n) is 10.4. The summed E-state index contributed by atoms with van der Waals surface area (Å²) in [5, 5.41) is 13.1. The number of allylic oxidation sites excluding steroid dienone is 2.